The molecule has 0 heterocycles. The average Bonchev–Trinajstić information content (AvgIpc) is 2.28. The maximum atomic E-state index is 12.2. The first-order valence-corrected chi connectivity index (χ1v) is 8.47. The van der Waals surface area contributed by atoms with E-state index >= 15 is 0 Å². The van der Waals surface area contributed by atoms with Crippen LogP contribution in [0.4, 0.5) is 0 Å². The van der Waals surface area contributed by atoms with E-state index in [-0.39, 0.29) is 6.10 Å². The van der Waals surface area contributed by atoms with Crippen LogP contribution in [0.25, 0.3) is 0 Å². The van der Waals surface area contributed by atoms with E-state index in [1.807, 2.05) is 6.92 Å². The van der Waals surface area contributed by atoms with Gasteiger partial charge in [-0.3, -0.25) is 4.57 Å². The number of hydrogen-bond acceptors (Lipinski definition) is 3. The Bertz CT molecular complexity index is 270. The molecule has 102 valence electrons. The highest BCUT2D eigenvalue weighted by Gasteiger charge is 2.36. The summed E-state index contributed by atoms with van der Waals surface area (Å²) in [6, 6.07) is 0. The van der Waals surface area contributed by atoms with Crippen molar-refractivity contribution in [3.63, 3.8) is 0 Å². The van der Waals surface area contributed by atoms with Gasteiger partial charge < -0.3 is 9.05 Å². The van der Waals surface area contributed by atoms with Crippen LogP contribution in [0.2, 0.25) is 0 Å². The molecule has 0 bridgehead atoms. The summed E-state index contributed by atoms with van der Waals surface area (Å²) in [5.74, 6) is 1.76. The van der Waals surface area contributed by atoms with Crippen LogP contribution in [0.1, 0.15) is 47.0 Å². The Kier molecular flexibility index (Phi) is 5.69. The predicted molar refractivity (Wildman–Crippen MR) is 71.4 cm³/mol. The second-order valence-corrected chi connectivity index (χ2v) is 8.01. The molecule has 1 rings (SSSR count). The van der Waals surface area contributed by atoms with Gasteiger partial charge in [0.2, 0.25) is 0 Å². The monoisotopic (exact) mass is 262 g/mol. The molecule has 0 amide bonds. The minimum atomic E-state index is -2.85. The quantitative estimate of drug-likeness (QED) is 0.692. The summed E-state index contributed by atoms with van der Waals surface area (Å²) in [6.45, 7) is 8.55. The van der Waals surface area contributed by atoms with Gasteiger partial charge in [0, 0.05) is 13.3 Å². The van der Waals surface area contributed by atoms with Crippen LogP contribution < -0.4 is 0 Å². The van der Waals surface area contributed by atoms with Gasteiger partial charge in [-0.05, 0) is 30.6 Å². The Balaban J connectivity index is 2.73. The Morgan fingerprint density at radius 1 is 1.35 bits per heavy atom. The SMILES string of the molecule is CCP(=O)(OC)O[C@@H]1C[C@H](C)CC[C@H]1C(C)C. The van der Waals surface area contributed by atoms with E-state index in [1.54, 1.807) is 0 Å². The van der Waals surface area contributed by atoms with Crippen molar-refractivity contribution in [1.29, 1.82) is 0 Å². The topological polar surface area (TPSA) is 35.5 Å². The van der Waals surface area contributed by atoms with E-state index in [1.165, 1.54) is 20.0 Å². The fourth-order valence-corrected chi connectivity index (χ4v) is 3.84. The van der Waals surface area contributed by atoms with Gasteiger partial charge in [-0.2, -0.15) is 0 Å². The van der Waals surface area contributed by atoms with E-state index < -0.39 is 7.60 Å². The standard InChI is InChI=1S/C13H27O3P/c1-6-17(14,15-5)16-13-9-11(4)7-8-12(13)10(2)3/h10-13H,6-9H2,1-5H3/t11-,12+,13-,17?/m1/s1. The van der Waals surface area contributed by atoms with Crippen molar-refractivity contribution in [1.82, 2.24) is 0 Å². The smallest absolute Gasteiger partial charge is 0.312 e. The van der Waals surface area contributed by atoms with Crippen molar-refractivity contribution >= 4 is 7.60 Å². The lowest BCUT2D eigenvalue weighted by atomic mass is 9.75. The molecule has 0 aromatic carbocycles. The van der Waals surface area contributed by atoms with E-state index in [0.29, 0.717) is 23.9 Å². The molecule has 0 spiro atoms. The van der Waals surface area contributed by atoms with Crippen molar-refractivity contribution in [2.45, 2.75) is 53.1 Å². The molecular formula is C13H27O3P. The van der Waals surface area contributed by atoms with Gasteiger partial charge in [-0.25, -0.2) is 0 Å². The molecule has 1 aliphatic carbocycles. The fourth-order valence-electron chi connectivity index (χ4n) is 2.69. The Morgan fingerprint density at radius 3 is 2.47 bits per heavy atom. The largest absolute Gasteiger partial charge is 0.330 e. The lowest BCUT2D eigenvalue weighted by Crippen LogP contribution is -2.33. The van der Waals surface area contributed by atoms with E-state index in [2.05, 4.69) is 20.8 Å². The maximum Gasteiger partial charge on any atom is 0.330 e. The minimum absolute atomic E-state index is 0.101. The molecule has 0 radical (unpaired) electrons. The first kappa shape index (κ1) is 15.2. The normalized spacial score (nSPS) is 33.6. The van der Waals surface area contributed by atoms with Crippen LogP contribution in [-0.4, -0.2) is 19.4 Å². The molecule has 0 N–H and O–H groups in total. The summed E-state index contributed by atoms with van der Waals surface area (Å²) in [4.78, 5) is 0. The average molecular weight is 262 g/mol. The molecule has 0 saturated heterocycles. The van der Waals surface area contributed by atoms with Crippen LogP contribution in [0.5, 0.6) is 0 Å². The first-order chi connectivity index (χ1) is 7.91. The fraction of sp³-hybridized carbons (Fsp3) is 1.00. The third-order valence-electron chi connectivity index (χ3n) is 3.92. The zero-order valence-corrected chi connectivity index (χ0v) is 12.7. The van der Waals surface area contributed by atoms with Crippen molar-refractivity contribution < 1.29 is 13.6 Å². The second kappa shape index (κ2) is 6.36. The van der Waals surface area contributed by atoms with Gasteiger partial charge in [0.05, 0.1) is 6.10 Å². The molecular weight excluding hydrogens is 235 g/mol. The Hall–Kier alpha value is 0.150. The minimum Gasteiger partial charge on any atom is -0.312 e. The molecule has 17 heavy (non-hydrogen) atoms. The summed E-state index contributed by atoms with van der Waals surface area (Å²) in [6.07, 6.45) is 4.00. The third kappa shape index (κ3) is 4.08. The lowest BCUT2D eigenvalue weighted by molar-refractivity contribution is 0.0348. The molecule has 4 atom stereocenters. The van der Waals surface area contributed by atoms with Crippen LogP contribution in [0, 0.1) is 17.8 Å². The van der Waals surface area contributed by atoms with Gasteiger partial charge in [0.15, 0.2) is 0 Å². The highest BCUT2D eigenvalue weighted by Crippen LogP contribution is 2.51. The zero-order valence-electron chi connectivity index (χ0n) is 11.8. The number of rotatable bonds is 5. The summed E-state index contributed by atoms with van der Waals surface area (Å²) in [5, 5.41) is 0. The molecule has 4 heteroatoms. The van der Waals surface area contributed by atoms with E-state index in [9.17, 15) is 4.57 Å². The Labute approximate surface area is 106 Å². The second-order valence-electron chi connectivity index (χ2n) is 5.58. The summed E-state index contributed by atoms with van der Waals surface area (Å²) in [5.41, 5.74) is 0. The van der Waals surface area contributed by atoms with Gasteiger partial charge >= 0.3 is 7.60 Å². The zero-order chi connectivity index (χ0) is 13.1. The molecule has 3 nitrogen and oxygen atoms in total. The maximum absolute atomic E-state index is 12.2. The van der Waals surface area contributed by atoms with Crippen LogP contribution in [-0.2, 0) is 13.6 Å². The molecule has 1 saturated carbocycles. The van der Waals surface area contributed by atoms with Gasteiger partial charge in [0.1, 0.15) is 0 Å². The van der Waals surface area contributed by atoms with Crippen molar-refractivity contribution in [2.75, 3.05) is 13.3 Å². The molecule has 1 fully saturated rings. The highest BCUT2D eigenvalue weighted by atomic mass is 31.2. The molecule has 0 aromatic heterocycles. The molecule has 0 aromatic rings. The molecule has 1 aliphatic rings. The Morgan fingerprint density at radius 2 is 2.00 bits per heavy atom. The molecule has 1 unspecified atom stereocenters. The van der Waals surface area contributed by atoms with E-state index in [4.69, 9.17) is 9.05 Å². The third-order valence-corrected chi connectivity index (χ3v) is 5.85. The van der Waals surface area contributed by atoms with Crippen LogP contribution in [0.3, 0.4) is 0 Å². The van der Waals surface area contributed by atoms with Gasteiger partial charge in [-0.15, -0.1) is 0 Å². The number of hydrogen-bond donors (Lipinski definition) is 0. The van der Waals surface area contributed by atoms with Crippen LogP contribution >= 0.6 is 7.60 Å². The summed E-state index contributed by atoms with van der Waals surface area (Å²) < 4.78 is 23.2. The molecule has 0 aliphatic heterocycles. The van der Waals surface area contributed by atoms with Gasteiger partial charge in [0.25, 0.3) is 0 Å². The van der Waals surface area contributed by atoms with Crippen molar-refractivity contribution in [2.24, 2.45) is 17.8 Å². The van der Waals surface area contributed by atoms with Crippen molar-refractivity contribution in [3.05, 3.63) is 0 Å². The summed E-state index contributed by atoms with van der Waals surface area (Å²) >= 11 is 0. The summed E-state index contributed by atoms with van der Waals surface area (Å²) in [7, 11) is -1.37. The van der Waals surface area contributed by atoms with Crippen molar-refractivity contribution in [3.8, 4) is 0 Å². The predicted octanol–water partition coefficient (Wildman–Crippen LogP) is 4.32. The van der Waals surface area contributed by atoms with E-state index in [0.717, 1.165) is 6.42 Å². The van der Waals surface area contributed by atoms with Crippen LogP contribution in [0.15, 0.2) is 0 Å². The first-order valence-electron chi connectivity index (χ1n) is 6.75. The lowest BCUT2D eigenvalue weighted by Gasteiger charge is -2.38. The van der Waals surface area contributed by atoms with Gasteiger partial charge in [-0.1, -0.05) is 34.1 Å². The highest BCUT2D eigenvalue weighted by molar-refractivity contribution is 7.53.